The number of likely N-dealkylation sites (tertiary alicyclic amines) is 1. The number of aryl methyl sites for hydroxylation is 1. The fourth-order valence-corrected chi connectivity index (χ4v) is 3.12. The zero-order valence-electron chi connectivity index (χ0n) is 14.5. The summed E-state index contributed by atoms with van der Waals surface area (Å²) in [7, 11) is 0. The second kappa shape index (κ2) is 8.01. The van der Waals surface area contributed by atoms with E-state index in [0.717, 1.165) is 11.3 Å². The summed E-state index contributed by atoms with van der Waals surface area (Å²) >= 11 is 0. The Hall–Kier alpha value is -2.56. The van der Waals surface area contributed by atoms with Crippen LogP contribution in [0.4, 0.5) is 0 Å². The molecule has 2 heterocycles. The minimum Gasteiger partial charge on any atom is -0.467 e. The first-order chi connectivity index (χ1) is 12.1. The number of nitrogens with one attached hydrogen (secondary N) is 1. The predicted octanol–water partition coefficient (Wildman–Crippen LogP) is 2.69. The molecule has 5 nitrogen and oxygen atoms in total. The van der Waals surface area contributed by atoms with Gasteiger partial charge in [-0.15, -0.1) is 0 Å². The Kier molecular flexibility index (Phi) is 5.53. The Morgan fingerprint density at radius 2 is 1.88 bits per heavy atom. The van der Waals surface area contributed by atoms with Gasteiger partial charge in [-0.2, -0.15) is 0 Å². The van der Waals surface area contributed by atoms with Crippen molar-refractivity contribution in [3.8, 4) is 0 Å². The highest BCUT2D eigenvalue weighted by Crippen LogP contribution is 2.19. The molecule has 1 saturated heterocycles. The van der Waals surface area contributed by atoms with Crippen molar-refractivity contribution in [2.24, 2.45) is 5.92 Å². The predicted molar refractivity (Wildman–Crippen MR) is 94.7 cm³/mol. The van der Waals surface area contributed by atoms with Crippen LogP contribution in [0.3, 0.4) is 0 Å². The maximum atomic E-state index is 12.4. The van der Waals surface area contributed by atoms with Gasteiger partial charge < -0.3 is 14.6 Å². The molecule has 1 fully saturated rings. The largest absolute Gasteiger partial charge is 0.467 e. The van der Waals surface area contributed by atoms with E-state index in [9.17, 15) is 9.59 Å². The first-order valence-electron chi connectivity index (χ1n) is 8.75. The number of nitrogens with zero attached hydrogens (tertiary/aromatic N) is 1. The standard InChI is InChI=1S/C20H24N2O3/c1-15-4-6-16(7-5-15)13-19(23)22-10-8-17(9-11-22)20(24)21-14-18-3-2-12-25-18/h2-7,12,17H,8-11,13-14H2,1H3,(H,21,24). The number of carbonyl (C=O) groups is 2. The van der Waals surface area contributed by atoms with E-state index in [1.807, 2.05) is 42.2 Å². The molecule has 0 unspecified atom stereocenters. The highest BCUT2D eigenvalue weighted by molar-refractivity contribution is 5.81. The number of hydrogen-bond acceptors (Lipinski definition) is 3. The van der Waals surface area contributed by atoms with Crippen molar-refractivity contribution in [1.29, 1.82) is 0 Å². The summed E-state index contributed by atoms with van der Waals surface area (Å²) in [5, 5.41) is 2.91. The maximum absolute atomic E-state index is 12.4. The highest BCUT2D eigenvalue weighted by atomic mass is 16.3. The smallest absolute Gasteiger partial charge is 0.226 e. The van der Waals surface area contributed by atoms with Gasteiger partial charge in [-0.1, -0.05) is 29.8 Å². The maximum Gasteiger partial charge on any atom is 0.226 e. The lowest BCUT2D eigenvalue weighted by Gasteiger charge is -2.31. The van der Waals surface area contributed by atoms with Crippen molar-refractivity contribution < 1.29 is 14.0 Å². The number of rotatable bonds is 5. The van der Waals surface area contributed by atoms with Crippen molar-refractivity contribution in [2.45, 2.75) is 32.7 Å². The zero-order chi connectivity index (χ0) is 17.6. The van der Waals surface area contributed by atoms with Gasteiger partial charge in [0.1, 0.15) is 5.76 Å². The van der Waals surface area contributed by atoms with Gasteiger partial charge in [0.25, 0.3) is 0 Å². The van der Waals surface area contributed by atoms with Crippen LogP contribution >= 0.6 is 0 Å². The van der Waals surface area contributed by atoms with Crippen LogP contribution in [0.15, 0.2) is 47.1 Å². The van der Waals surface area contributed by atoms with Gasteiger partial charge >= 0.3 is 0 Å². The van der Waals surface area contributed by atoms with E-state index >= 15 is 0 Å². The molecule has 0 aliphatic carbocycles. The number of hydrogen-bond donors (Lipinski definition) is 1. The summed E-state index contributed by atoms with van der Waals surface area (Å²) in [6, 6.07) is 11.7. The molecule has 25 heavy (non-hydrogen) atoms. The zero-order valence-corrected chi connectivity index (χ0v) is 14.5. The number of piperidine rings is 1. The summed E-state index contributed by atoms with van der Waals surface area (Å²) in [4.78, 5) is 26.5. The molecule has 2 amide bonds. The average Bonchev–Trinajstić information content (AvgIpc) is 3.15. The van der Waals surface area contributed by atoms with Gasteiger partial charge in [-0.05, 0) is 37.5 Å². The summed E-state index contributed by atoms with van der Waals surface area (Å²) in [6.07, 6.45) is 3.45. The first-order valence-corrected chi connectivity index (χ1v) is 8.75. The minimum atomic E-state index is -0.0293. The fraction of sp³-hybridized carbons (Fsp3) is 0.400. The Morgan fingerprint density at radius 1 is 1.16 bits per heavy atom. The minimum absolute atomic E-state index is 0.0293. The van der Waals surface area contributed by atoms with E-state index in [2.05, 4.69) is 5.32 Å². The van der Waals surface area contributed by atoms with Gasteiger partial charge in [0.2, 0.25) is 11.8 Å². The monoisotopic (exact) mass is 340 g/mol. The van der Waals surface area contributed by atoms with Crippen molar-refractivity contribution in [3.63, 3.8) is 0 Å². The van der Waals surface area contributed by atoms with Crippen LogP contribution in [0.1, 0.15) is 29.7 Å². The third kappa shape index (κ3) is 4.72. The second-order valence-corrected chi connectivity index (χ2v) is 6.61. The Balaban J connectivity index is 1.43. The molecule has 1 aliphatic rings. The molecule has 1 N–H and O–H groups in total. The van der Waals surface area contributed by atoms with Crippen LogP contribution in [0, 0.1) is 12.8 Å². The Bertz CT molecular complexity index is 699. The molecule has 1 aliphatic heterocycles. The average molecular weight is 340 g/mol. The molecule has 3 rings (SSSR count). The molecule has 2 aromatic rings. The SMILES string of the molecule is Cc1ccc(CC(=O)N2CCC(C(=O)NCc3ccco3)CC2)cc1. The van der Waals surface area contributed by atoms with Crippen LogP contribution in [0.5, 0.6) is 0 Å². The van der Waals surface area contributed by atoms with E-state index in [-0.39, 0.29) is 17.7 Å². The van der Waals surface area contributed by atoms with E-state index < -0.39 is 0 Å². The van der Waals surface area contributed by atoms with Gasteiger partial charge in [-0.3, -0.25) is 9.59 Å². The third-order valence-electron chi connectivity index (χ3n) is 4.71. The lowest BCUT2D eigenvalue weighted by atomic mass is 9.95. The van der Waals surface area contributed by atoms with Crippen molar-refractivity contribution >= 4 is 11.8 Å². The summed E-state index contributed by atoms with van der Waals surface area (Å²) < 4.78 is 5.22. The van der Waals surface area contributed by atoms with Crippen LogP contribution in [0.2, 0.25) is 0 Å². The quantitative estimate of drug-likeness (QED) is 0.910. The number of benzene rings is 1. The van der Waals surface area contributed by atoms with E-state index in [1.165, 1.54) is 5.56 Å². The third-order valence-corrected chi connectivity index (χ3v) is 4.71. The molecule has 1 aromatic heterocycles. The normalized spacial score (nSPS) is 15.2. The van der Waals surface area contributed by atoms with Crippen LogP contribution in [-0.2, 0) is 22.6 Å². The molecule has 0 saturated carbocycles. The number of carbonyl (C=O) groups excluding carboxylic acids is 2. The molecular weight excluding hydrogens is 316 g/mol. The van der Waals surface area contributed by atoms with E-state index in [0.29, 0.717) is 38.9 Å². The van der Waals surface area contributed by atoms with Gasteiger partial charge in [0.05, 0.1) is 19.2 Å². The van der Waals surface area contributed by atoms with Crippen LogP contribution in [0.25, 0.3) is 0 Å². The molecule has 0 atom stereocenters. The van der Waals surface area contributed by atoms with E-state index in [4.69, 9.17) is 4.42 Å². The molecule has 0 radical (unpaired) electrons. The Labute approximate surface area is 148 Å². The highest BCUT2D eigenvalue weighted by Gasteiger charge is 2.27. The van der Waals surface area contributed by atoms with Crippen molar-refractivity contribution in [2.75, 3.05) is 13.1 Å². The lowest BCUT2D eigenvalue weighted by molar-refractivity contribution is -0.135. The van der Waals surface area contributed by atoms with Gasteiger partial charge in [0.15, 0.2) is 0 Å². The lowest BCUT2D eigenvalue weighted by Crippen LogP contribution is -2.43. The molecule has 1 aromatic carbocycles. The number of furan rings is 1. The number of amides is 2. The molecule has 5 heteroatoms. The van der Waals surface area contributed by atoms with Crippen LogP contribution in [-0.4, -0.2) is 29.8 Å². The summed E-state index contributed by atoms with van der Waals surface area (Å²) in [5.41, 5.74) is 2.23. The van der Waals surface area contributed by atoms with Crippen molar-refractivity contribution in [1.82, 2.24) is 10.2 Å². The summed E-state index contributed by atoms with van der Waals surface area (Å²) in [5.74, 6) is 0.901. The van der Waals surface area contributed by atoms with E-state index in [1.54, 1.807) is 12.3 Å². The molecule has 0 spiro atoms. The first kappa shape index (κ1) is 17.3. The van der Waals surface area contributed by atoms with Crippen molar-refractivity contribution in [3.05, 3.63) is 59.5 Å². The molecule has 0 bridgehead atoms. The Morgan fingerprint density at radius 3 is 2.52 bits per heavy atom. The van der Waals surface area contributed by atoms with Gasteiger partial charge in [-0.25, -0.2) is 0 Å². The second-order valence-electron chi connectivity index (χ2n) is 6.61. The molecule has 132 valence electrons. The molecular formula is C20H24N2O3. The topological polar surface area (TPSA) is 62.6 Å². The van der Waals surface area contributed by atoms with Crippen LogP contribution < -0.4 is 5.32 Å². The fourth-order valence-electron chi connectivity index (χ4n) is 3.12. The van der Waals surface area contributed by atoms with Gasteiger partial charge in [0, 0.05) is 19.0 Å². The summed E-state index contributed by atoms with van der Waals surface area (Å²) in [6.45, 7) is 3.73.